The second kappa shape index (κ2) is 5.50. The van der Waals surface area contributed by atoms with Crippen molar-refractivity contribution in [2.75, 3.05) is 5.32 Å². The van der Waals surface area contributed by atoms with Crippen molar-refractivity contribution >= 4 is 44.8 Å². The molecule has 7 heteroatoms. The Labute approximate surface area is 121 Å². The topological polar surface area (TPSA) is 79.3 Å². The maximum Gasteiger partial charge on any atom is 0.337 e. The highest BCUT2D eigenvalue weighted by atomic mass is 79.9. The number of carbonyl (C=O) groups excluding carboxylic acids is 1. The summed E-state index contributed by atoms with van der Waals surface area (Å²) >= 11 is 4.45. The molecule has 0 atom stereocenters. The van der Waals surface area contributed by atoms with Gasteiger partial charge in [0.25, 0.3) is 5.91 Å². The van der Waals surface area contributed by atoms with E-state index in [1.807, 2.05) is 0 Å². The highest BCUT2D eigenvalue weighted by molar-refractivity contribution is 9.10. The molecule has 98 valence electrons. The van der Waals surface area contributed by atoms with Crippen molar-refractivity contribution in [3.8, 4) is 0 Å². The minimum atomic E-state index is -1.10. The van der Waals surface area contributed by atoms with Gasteiger partial charge in [0.1, 0.15) is 4.88 Å². The number of anilines is 1. The number of rotatable bonds is 3. The summed E-state index contributed by atoms with van der Waals surface area (Å²) in [6.07, 6.45) is 1.47. The van der Waals surface area contributed by atoms with Gasteiger partial charge >= 0.3 is 5.97 Å². The fraction of sp³-hybridized carbons (Fsp3) is 0.0833. The molecular formula is C12H9BrN2O3S. The lowest BCUT2D eigenvalue weighted by Crippen LogP contribution is -2.13. The molecule has 1 aromatic heterocycles. The molecule has 0 radical (unpaired) electrons. The van der Waals surface area contributed by atoms with E-state index in [2.05, 4.69) is 26.2 Å². The fourth-order valence-electron chi connectivity index (χ4n) is 1.45. The van der Waals surface area contributed by atoms with E-state index < -0.39 is 5.97 Å². The lowest BCUT2D eigenvalue weighted by Gasteiger charge is -2.07. The molecule has 0 spiro atoms. The molecule has 5 nitrogen and oxygen atoms in total. The van der Waals surface area contributed by atoms with E-state index in [1.54, 1.807) is 19.1 Å². The lowest BCUT2D eigenvalue weighted by molar-refractivity contribution is 0.0698. The third kappa shape index (κ3) is 3.18. The first-order chi connectivity index (χ1) is 8.97. The summed E-state index contributed by atoms with van der Waals surface area (Å²) in [7, 11) is 0. The molecule has 0 bridgehead atoms. The number of aromatic carboxylic acids is 1. The van der Waals surface area contributed by atoms with Gasteiger partial charge in [0.2, 0.25) is 0 Å². The van der Waals surface area contributed by atoms with Crippen molar-refractivity contribution < 1.29 is 14.7 Å². The van der Waals surface area contributed by atoms with Crippen molar-refractivity contribution in [1.82, 2.24) is 4.98 Å². The number of benzene rings is 1. The maximum absolute atomic E-state index is 11.9. The summed E-state index contributed by atoms with van der Waals surface area (Å²) in [5.74, 6) is -1.47. The quantitative estimate of drug-likeness (QED) is 0.899. The van der Waals surface area contributed by atoms with Gasteiger partial charge in [-0.2, -0.15) is 0 Å². The molecule has 0 aliphatic rings. The Kier molecular flexibility index (Phi) is 3.96. The van der Waals surface area contributed by atoms with Gasteiger partial charge < -0.3 is 10.4 Å². The van der Waals surface area contributed by atoms with Crippen LogP contribution in [0.1, 0.15) is 25.0 Å². The monoisotopic (exact) mass is 340 g/mol. The van der Waals surface area contributed by atoms with E-state index in [0.29, 0.717) is 9.35 Å². The Balaban J connectivity index is 2.28. The number of nitrogens with one attached hydrogen (secondary N) is 1. The van der Waals surface area contributed by atoms with E-state index in [4.69, 9.17) is 5.11 Å². The van der Waals surface area contributed by atoms with Gasteiger partial charge in [-0.3, -0.25) is 4.79 Å². The van der Waals surface area contributed by atoms with Crippen LogP contribution in [0.2, 0.25) is 0 Å². The average molecular weight is 341 g/mol. The van der Waals surface area contributed by atoms with Crippen LogP contribution in [0.4, 0.5) is 5.69 Å². The van der Waals surface area contributed by atoms with Crippen molar-refractivity contribution in [3.05, 3.63) is 44.3 Å². The molecule has 19 heavy (non-hydrogen) atoms. The third-order valence-electron chi connectivity index (χ3n) is 2.31. The van der Waals surface area contributed by atoms with Gasteiger partial charge in [-0.1, -0.05) is 15.9 Å². The maximum atomic E-state index is 11.9. The summed E-state index contributed by atoms with van der Waals surface area (Å²) < 4.78 is 0.636. The molecule has 0 saturated heterocycles. The van der Waals surface area contributed by atoms with E-state index in [-0.39, 0.29) is 17.2 Å². The van der Waals surface area contributed by atoms with E-state index in [0.717, 1.165) is 5.01 Å². The van der Waals surface area contributed by atoms with E-state index in [9.17, 15) is 9.59 Å². The zero-order chi connectivity index (χ0) is 14.0. The van der Waals surface area contributed by atoms with Gasteiger partial charge in [-0.15, -0.1) is 11.3 Å². The molecule has 2 aromatic rings. The molecule has 0 unspecified atom stereocenters. The van der Waals surface area contributed by atoms with Crippen LogP contribution < -0.4 is 5.32 Å². The van der Waals surface area contributed by atoms with Crippen LogP contribution in [0.3, 0.4) is 0 Å². The molecule has 0 aliphatic carbocycles. The van der Waals surface area contributed by atoms with Crippen LogP contribution >= 0.6 is 27.3 Å². The van der Waals surface area contributed by atoms with Crippen molar-refractivity contribution in [1.29, 1.82) is 0 Å². The number of halogens is 1. The van der Waals surface area contributed by atoms with Crippen LogP contribution in [0.15, 0.2) is 28.9 Å². The van der Waals surface area contributed by atoms with Crippen molar-refractivity contribution in [3.63, 3.8) is 0 Å². The fourth-order valence-corrected chi connectivity index (χ4v) is 2.49. The number of hydrogen-bond donors (Lipinski definition) is 2. The first kappa shape index (κ1) is 13.7. The number of carboxylic acids is 1. The summed E-state index contributed by atoms with van der Waals surface area (Å²) in [4.78, 5) is 27.5. The average Bonchev–Trinajstić information content (AvgIpc) is 2.78. The number of nitrogens with zero attached hydrogens (tertiary/aromatic N) is 1. The molecule has 1 amide bonds. The van der Waals surface area contributed by atoms with Crippen LogP contribution in [-0.2, 0) is 0 Å². The van der Waals surface area contributed by atoms with Gasteiger partial charge in [0.15, 0.2) is 0 Å². The van der Waals surface area contributed by atoms with Crippen molar-refractivity contribution in [2.24, 2.45) is 0 Å². The Hall–Kier alpha value is -1.73. The SMILES string of the molecule is Cc1ncc(C(=O)Nc2ccc(Br)cc2C(=O)O)s1. The summed E-state index contributed by atoms with van der Waals surface area (Å²) in [6.45, 7) is 1.80. The lowest BCUT2D eigenvalue weighted by atomic mass is 10.2. The normalized spacial score (nSPS) is 10.2. The Morgan fingerprint density at radius 3 is 2.74 bits per heavy atom. The Morgan fingerprint density at radius 1 is 1.42 bits per heavy atom. The van der Waals surface area contributed by atoms with Gasteiger partial charge in [0.05, 0.1) is 22.5 Å². The minimum Gasteiger partial charge on any atom is -0.478 e. The molecule has 0 fully saturated rings. The number of carbonyl (C=O) groups is 2. The zero-order valence-corrected chi connectivity index (χ0v) is 12.2. The standard InChI is InChI=1S/C12H9BrN2O3S/c1-6-14-5-10(19-6)11(16)15-9-3-2-7(13)4-8(9)12(17)18/h2-5H,1H3,(H,15,16)(H,17,18). The first-order valence-corrected chi connectivity index (χ1v) is 6.85. The van der Waals surface area contributed by atoms with Crippen LogP contribution in [-0.4, -0.2) is 22.0 Å². The number of hydrogen-bond acceptors (Lipinski definition) is 4. The van der Waals surface area contributed by atoms with E-state index in [1.165, 1.54) is 23.6 Å². The third-order valence-corrected chi connectivity index (χ3v) is 3.71. The van der Waals surface area contributed by atoms with Crippen LogP contribution in [0, 0.1) is 6.92 Å². The number of aromatic nitrogens is 1. The first-order valence-electron chi connectivity index (χ1n) is 5.24. The molecule has 1 aromatic carbocycles. The highest BCUT2D eigenvalue weighted by Gasteiger charge is 2.15. The van der Waals surface area contributed by atoms with Crippen molar-refractivity contribution in [2.45, 2.75) is 6.92 Å². The number of thiazole rings is 1. The summed E-state index contributed by atoms with van der Waals surface area (Å²) in [6, 6.07) is 4.65. The van der Waals surface area contributed by atoms with Gasteiger partial charge in [-0.05, 0) is 25.1 Å². The highest BCUT2D eigenvalue weighted by Crippen LogP contribution is 2.22. The summed E-state index contributed by atoms with van der Waals surface area (Å²) in [5.41, 5.74) is 0.288. The minimum absolute atomic E-state index is 0.0314. The van der Waals surface area contributed by atoms with Crippen LogP contribution in [0.5, 0.6) is 0 Å². The second-order valence-corrected chi connectivity index (χ2v) is 5.84. The van der Waals surface area contributed by atoms with Crippen LogP contribution in [0.25, 0.3) is 0 Å². The number of carboxylic acid groups (broad SMARTS) is 1. The summed E-state index contributed by atoms with van der Waals surface area (Å²) in [5, 5.41) is 12.5. The molecule has 0 aliphatic heterocycles. The molecule has 0 saturated carbocycles. The smallest absolute Gasteiger partial charge is 0.337 e. The predicted molar refractivity (Wildman–Crippen MR) is 75.9 cm³/mol. The zero-order valence-electron chi connectivity index (χ0n) is 9.81. The molecular weight excluding hydrogens is 332 g/mol. The van der Waals surface area contributed by atoms with E-state index >= 15 is 0 Å². The Morgan fingerprint density at radius 2 is 2.16 bits per heavy atom. The molecule has 2 rings (SSSR count). The largest absolute Gasteiger partial charge is 0.478 e. The number of aryl methyl sites for hydroxylation is 1. The second-order valence-electron chi connectivity index (χ2n) is 3.69. The molecule has 2 N–H and O–H groups in total. The van der Waals surface area contributed by atoms with Gasteiger partial charge in [-0.25, -0.2) is 9.78 Å². The Bertz CT molecular complexity index is 654. The number of amides is 1. The molecule has 1 heterocycles. The van der Waals surface area contributed by atoms with Gasteiger partial charge in [0, 0.05) is 4.47 Å². The predicted octanol–water partition coefficient (Wildman–Crippen LogP) is 3.16.